The highest BCUT2D eigenvalue weighted by molar-refractivity contribution is 6.32. The SMILES string of the molecule is CC(C)(C)c1ccc(N(c2ccc(C(C)(C)C)cc2-c2cccc(C(C)(C)C)c2)c2ccc3c4cc5c(cc4n4c6ccccc6c2c34)c2ccc(N(c3ccc(C(C)(C)C)cc3)c3ccc(C(C)(C)C)cc3-c3cccc(C(C)(C)C)c3)c3c4ccccc4n5c23)cc1. The molecule has 4 heterocycles. The van der Waals surface area contributed by atoms with Crippen LogP contribution in [0.5, 0.6) is 0 Å². The predicted molar refractivity (Wildman–Crippen MR) is 408 cm³/mol. The fraction of sp³-hybridized carbons (Fsp3) is 0.267. The second-order valence-electron chi connectivity index (χ2n) is 33.2. The van der Waals surface area contributed by atoms with Crippen molar-refractivity contribution in [2.45, 2.75) is 157 Å². The third kappa shape index (κ3) is 9.83. The van der Waals surface area contributed by atoms with Gasteiger partial charge in [0.25, 0.3) is 0 Å². The van der Waals surface area contributed by atoms with E-state index in [1.807, 2.05) is 0 Å². The van der Waals surface area contributed by atoms with Gasteiger partial charge < -0.3 is 18.6 Å². The lowest BCUT2D eigenvalue weighted by molar-refractivity contribution is 0.589. The van der Waals surface area contributed by atoms with Crippen molar-refractivity contribution in [3.05, 3.63) is 252 Å². The van der Waals surface area contributed by atoms with Crippen LogP contribution in [-0.4, -0.2) is 8.80 Å². The highest BCUT2D eigenvalue weighted by atomic mass is 15.2. The first-order chi connectivity index (χ1) is 44.4. The maximum Gasteiger partial charge on any atom is 0.0641 e. The zero-order valence-electron chi connectivity index (χ0n) is 58.6. The van der Waals surface area contributed by atoms with Crippen molar-refractivity contribution < 1.29 is 0 Å². The highest BCUT2D eigenvalue weighted by Gasteiger charge is 2.32. The van der Waals surface area contributed by atoms with Gasteiger partial charge in [0.1, 0.15) is 0 Å². The normalized spacial score (nSPS) is 13.2. The van der Waals surface area contributed by atoms with Crippen molar-refractivity contribution in [1.29, 1.82) is 0 Å². The molecule has 0 aliphatic rings. The van der Waals surface area contributed by atoms with Gasteiger partial charge in [-0.1, -0.05) is 258 Å². The lowest BCUT2D eigenvalue weighted by Gasteiger charge is -2.31. The Morgan fingerprint density at radius 2 is 0.553 bits per heavy atom. The van der Waals surface area contributed by atoms with E-state index in [1.165, 1.54) is 132 Å². The van der Waals surface area contributed by atoms with Crippen LogP contribution in [0.25, 0.3) is 98.4 Å². The monoisotopic (exact) mass is 1230 g/mol. The second-order valence-corrected chi connectivity index (χ2v) is 33.2. The van der Waals surface area contributed by atoms with Gasteiger partial charge in [0.05, 0.1) is 55.8 Å². The topological polar surface area (TPSA) is 15.3 Å². The summed E-state index contributed by atoms with van der Waals surface area (Å²) >= 11 is 0. The molecule has 0 bridgehead atoms. The lowest BCUT2D eigenvalue weighted by Crippen LogP contribution is -2.16. The van der Waals surface area contributed by atoms with Gasteiger partial charge >= 0.3 is 0 Å². The number of rotatable bonds is 8. The molecule has 0 unspecified atom stereocenters. The fourth-order valence-electron chi connectivity index (χ4n) is 15.0. The first-order valence-electron chi connectivity index (χ1n) is 34.1. The molecule has 0 aliphatic carbocycles. The van der Waals surface area contributed by atoms with E-state index < -0.39 is 0 Å². The standard InChI is InChI=1S/C90H90N4/c1-85(2,3)57-33-39-63(40-34-57)91(75-45-37-61(89(13,14)15)51-69(75)55-25-23-27-59(49-55)87(7,8)9)77-47-43-65-71-53-80-72(54-79(71)93-73-31-21-19-29-67(73)81(77)83(65)93)66-44-48-78(82-68-30-20-22-32-74(68)94(80)84(66)82)92(64-41-35-58(36-42-64)86(4,5)6)76-46-38-62(90(16,17)18)52-70(76)56-26-24-28-60(50-56)88(10,11)12/h19-54H,1-18H3. The van der Waals surface area contributed by atoms with Crippen LogP contribution >= 0.6 is 0 Å². The summed E-state index contributed by atoms with van der Waals surface area (Å²) in [6.07, 6.45) is 0. The van der Waals surface area contributed by atoms with Crippen molar-refractivity contribution in [2.75, 3.05) is 9.80 Å². The van der Waals surface area contributed by atoms with Gasteiger partial charge in [0.15, 0.2) is 0 Å². The Kier molecular flexibility index (Phi) is 13.6. The molecule has 4 heteroatoms. The Morgan fingerprint density at radius 3 is 0.904 bits per heavy atom. The van der Waals surface area contributed by atoms with Crippen LogP contribution in [-0.2, 0) is 32.5 Å². The summed E-state index contributed by atoms with van der Waals surface area (Å²) in [6.45, 7) is 41.7. The third-order valence-corrected chi connectivity index (χ3v) is 20.5. The molecule has 0 N–H and O–H groups in total. The van der Waals surface area contributed by atoms with E-state index in [4.69, 9.17) is 0 Å². The summed E-state index contributed by atoms with van der Waals surface area (Å²) in [7, 11) is 0. The fourth-order valence-corrected chi connectivity index (χ4v) is 15.0. The summed E-state index contributed by atoms with van der Waals surface area (Å²) in [5.41, 5.74) is 26.7. The molecule has 0 saturated carbocycles. The summed E-state index contributed by atoms with van der Waals surface area (Å²) < 4.78 is 5.18. The number of nitrogens with zero attached hydrogens (tertiary/aromatic N) is 4. The van der Waals surface area contributed by atoms with Crippen molar-refractivity contribution >= 4 is 110 Å². The van der Waals surface area contributed by atoms with Gasteiger partial charge in [0, 0.05) is 65.6 Å². The van der Waals surface area contributed by atoms with Crippen molar-refractivity contribution in [1.82, 2.24) is 8.80 Å². The van der Waals surface area contributed by atoms with E-state index in [2.05, 4.69) is 362 Å². The predicted octanol–water partition coefficient (Wildman–Crippen LogP) is 26.0. The third-order valence-electron chi connectivity index (χ3n) is 20.5. The molecule has 0 saturated heterocycles. The summed E-state index contributed by atoms with van der Waals surface area (Å²) in [4.78, 5) is 5.14. The van der Waals surface area contributed by atoms with Crippen LogP contribution in [0.1, 0.15) is 158 Å². The van der Waals surface area contributed by atoms with Crippen LogP contribution in [0.2, 0.25) is 0 Å². The van der Waals surface area contributed by atoms with E-state index in [0.717, 1.165) is 34.1 Å². The molecule has 4 nitrogen and oxygen atoms in total. The van der Waals surface area contributed by atoms with Gasteiger partial charge in [-0.25, -0.2) is 0 Å². The average Bonchev–Trinajstić information content (AvgIpc) is 1.51. The molecule has 94 heavy (non-hydrogen) atoms. The van der Waals surface area contributed by atoms with Gasteiger partial charge in [-0.15, -0.1) is 0 Å². The quantitative estimate of drug-likeness (QED) is 0.151. The molecule has 4 aromatic heterocycles. The van der Waals surface area contributed by atoms with E-state index >= 15 is 0 Å². The molecule has 0 atom stereocenters. The van der Waals surface area contributed by atoms with E-state index in [0.29, 0.717) is 0 Å². The van der Waals surface area contributed by atoms with Crippen LogP contribution < -0.4 is 9.80 Å². The molecule has 0 fully saturated rings. The number of para-hydroxylation sites is 2. The molecule has 0 radical (unpaired) electrons. The number of benzene rings is 11. The maximum absolute atomic E-state index is 2.59. The van der Waals surface area contributed by atoms with E-state index in [9.17, 15) is 0 Å². The summed E-state index contributed by atoms with van der Waals surface area (Å²) in [6, 6.07) is 84.8. The van der Waals surface area contributed by atoms with Crippen LogP contribution in [0.15, 0.2) is 218 Å². The summed E-state index contributed by atoms with van der Waals surface area (Å²) in [5, 5.41) is 9.93. The minimum Gasteiger partial charge on any atom is -0.309 e. The van der Waals surface area contributed by atoms with Gasteiger partial charge in [-0.2, -0.15) is 0 Å². The Bertz CT molecular complexity index is 5130. The first kappa shape index (κ1) is 60.8. The molecule has 0 amide bonds. The zero-order valence-corrected chi connectivity index (χ0v) is 58.6. The van der Waals surface area contributed by atoms with E-state index in [-0.39, 0.29) is 32.5 Å². The highest BCUT2D eigenvalue weighted by Crippen LogP contribution is 2.54. The summed E-state index contributed by atoms with van der Waals surface area (Å²) in [5.74, 6) is 0. The number of aromatic nitrogens is 2. The lowest BCUT2D eigenvalue weighted by atomic mass is 9.82. The minimum absolute atomic E-state index is 0.00722. The number of hydrogen-bond acceptors (Lipinski definition) is 2. The van der Waals surface area contributed by atoms with Gasteiger partial charge in [-0.05, 0) is 162 Å². The van der Waals surface area contributed by atoms with Gasteiger partial charge in [0.2, 0.25) is 0 Å². The molecule has 11 aromatic carbocycles. The van der Waals surface area contributed by atoms with Crippen LogP contribution in [0.3, 0.4) is 0 Å². The van der Waals surface area contributed by atoms with Crippen molar-refractivity contribution in [2.24, 2.45) is 0 Å². The minimum atomic E-state index is -0.0649. The molecule has 0 aliphatic heterocycles. The molecule has 15 rings (SSSR count). The van der Waals surface area contributed by atoms with Crippen molar-refractivity contribution in [3.63, 3.8) is 0 Å². The van der Waals surface area contributed by atoms with Crippen molar-refractivity contribution in [3.8, 4) is 22.3 Å². The smallest absolute Gasteiger partial charge is 0.0641 e. The second kappa shape index (κ2) is 21.1. The molecular formula is C90H90N4. The number of fused-ring (bicyclic) bond motifs is 12. The average molecular weight is 1230 g/mol. The van der Waals surface area contributed by atoms with E-state index in [1.54, 1.807) is 0 Å². The Hall–Kier alpha value is -9.38. The van der Waals surface area contributed by atoms with Crippen LogP contribution in [0.4, 0.5) is 34.1 Å². The molecule has 470 valence electrons. The Morgan fingerprint density at radius 1 is 0.234 bits per heavy atom. The van der Waals surface area contributed by atoms with Gasteiger partial charge in [-0.3, -0.25) is 0 Å². The Labute approximate surface area is 556 Å². The number of hydrogen-bond donors (Lipinski definition) is 0. The Balaban J connectivity index is 0.998. The molecule has 15 aromatic rings. The first-order valence-corrected chi connectivity index (χ1v) is 34.1. The number of anilines is 6. The van der Waals surface area contributed by atoms with Crippen LogP contribution in [0, 0.1) is 0 Å². The molecule has 0 spiro atoms. The zero-order chi connectivity index (χ0) is 66.1. The maximum atomic E-state index is 2.59. The molecular weight excluding hydrogens is 1140 g/mol. The largest absolute Gasteiger partial charge is 0.309 e.